The number of hydrogen-bond acceptors (Lipinski definition) is 1. The third kappa shape index (κ3) is 5.18. The van der Waals surface area contributed by atoms with Crippen molar-refractivity contribution in [1.29, 1.82) is 0 Å². The first-order valence-corrected chi connectivity index (χ1v) is 15.8. The van der Waals surface area contributed by atoms with E-state index in [2.05, 4.69) is 37.4 Å². The first kappa shape index (κ1) is 21.6. The molecule has 1 nitrogen and oxygen atoms in total. The quantitative estimate of drug-likeness (QED) is 0.637. The summed E-state index contributed by atoms with van der Waals surface area (Å²) in [5, 5.41) is 11.0. The second-order valence-electron chi connectivity index (χ2n) is 7.78. The predicted molar refractivity (Wildman–Crippen MR) is 99.7 cm³/mol. The summed E-state index contributed by atoms with van der Waals surface area (Å²) >= 11 is 1.74. The molecule has 4 rings (SSSR count). The molecule has 4 aliphatic carbocycles. The van der Waals surface area contributed by atoms with E-state index in [4.69, 9.17) is 0 Å². The summed E-state index contributed by atoms with van der Waals surface area (Å²) in [5.74, 6) is 0.572. The van der Waals surface area contributed by atoms with Crippen LogP contribution in [0.1, 0.15) is 51.4 Å². The average Bonchev–Trinajstić information content (AvgIpc) is 3.18. The fraction of sp³-hybridized carbons (Fsp3) is 0.619. The number of aliphatic hydroxyl groups is 1. The number of allylic oxidation sites excluding steroid dienone is 4. The van der Waals surface area contributed by atoms with Crippen LogP contribution >= 0.6 is 0 Å². The fourth-order valence-corrected chi connectivity index (χ4v) is 4.58. The second kappa shape index (κ2) is 10.0. The molecule has 0 bridgehead atoms. The zero-order valence-corrected chi connectivity index (χ0v) is 19.7. The van der Waals surface area contributed by atoms with Gasteiger partial charge in [-0.2, -0.15) is 0 Å². The van der Waals surface area contributed by atoms with Gasteiger partial charge in [-0.25, -0.2) is 0 Å². The second-order valence-corrected chi connectivity index (χ2v) is 17.1. The van der Waals surface area contributed by atoms with Crippen LogP contribution in [0, 0.1) is 11.8 Å². The van der Waals surface area contributed by atoms with Gasteiger partial charge in [-0.3, -0.25) is 0 Å². The summed E-state index contributed by atoms with van der Waals surface area (Å²) in [7, 11) is 0. The van der Waals surface area contributed by atoms with Gasteiger partial charge in [0.1, 0.15) is 0 Å². The molecule has 0 radical (unpaired) electrons. The molecular weight excluding hydrogens is 423 g/mol. The van der Waals surface area contributed by atoms with Crippen molar-refractivity contribution in [2.45, 2.75) is 70.6 Å². The van der Waals surface area contributed by atoms with Crippen LogP contribution in [-0.4, -0.2) is 16.6 Å². The third-order valence-electron chi connectivity index (χ3n) is 5.66. The van der Waals surface area contributed by atoms with Crippen molar-refractivity contribution < 1.29 is 40.8 Å². The third-order valence-corrected chi connectivity index (χ3v) is 5.66. The normalized spacial score (nSPS) is 27.9. The Kier molecular flexibility index (Phi) is 8.66. The van der Waals surface area contributed by atoms with E-state index in [0.29, 0.717) is 0 Å². The SMILES string of the molecule is C[Si](C)=[Zr].OC(C1C=CC2=C1CCCC2)C1C=CC2=C1CCCC2.[Cl-]. The molecule has 0 saturated carbocycles. The van der Waals surface area contributed by atoms with Crippen LogP contribution < -0.4 is 12.4 Å². The maximum Gasteiger partial charge on any atom is 0.0740 e. The van der Waals surface area contributed by atoms with E-state index in [9.17, 15) is 5.11 Å². The molecule has 0 heterocycles. The molecule has 0 spiro atoms. The van der Waals surface area contributed by atoms with Crippen LogP contribution in [-0.2, 0) is 23.3 Å². The molecule has 25 heavy (non-hydrogen) atoms. The molecule has 0 amide bonds. The Morgan fingerprint density at radius 3 is 1.64 bits per heavy atom. The van der Waals surface area contributed by atoms with Crippen LogP contribution in [0.3, 0.4) is 0 Å². The minimum atomic E-state index is -0.237. The number of hydrogen-bond donors (Lipinski definition) is 1. The van der Waals surface area contributed by atoms with Gasteiger partial charge in [-0.1, -0.05) is 35.5 Å². The zero-order chi connectivity index (χ0) is 17.1. The van der Waals surface area contributed by atoms with Crippen molar-refractivity contribution in [3.05, 3.63) is 46.6 Å². The van der Waals surface area contributed by atoms with Crippen LogP contribution in [0.15, 0.2) is 46.6 Å². The van der Waals surface area contributed by atoms with Gasteiger partial charge in [0.25, 0.3) is 0 Å². The zero-order valence-electron chi connectivity index (χ0n) is 15.5. The van der Waals surface area contributed by atoms with Crippen molar-refractivity contribution in [1.82, 2.24) is 0 Å². The van der Waals surface area contributed by atoms with Gasteiger partial charge in [0, 0.05) is 11.8 Å². The molecule has 2 atom stereocenters. The Bertz CT molecular complexity index is 580. The Labute approximate surface area is 174 Å². The van der Waals surface area contributed by atoms with Gasteiger partial charge in [-0.05, 0) is 62.5 Å². The fourth-order valence-electron chi connectivity index (χ4n) is 4.58. The maximum atomic E-state index is 11.0. The van der Waals surface area contributed by atoms with Crippen molar-refractivity contribution in [2.75, 3.05) is 0 Å². The topological polar surface area (TPSA) is 20.2 Å². The molecule has 1 N–H and O–H groups in total. The minimum absolute atomic E-state index is 0. The number of rotatable bonds is 2. The van der Waals surface area contributed by atoms with E-state index in [1.807, 2.05) is 0 Å². The van der Waals surface area contributed by atoms with Crippen molar-refractivity contribution in [2.24, 2.45) is 11.8 Å². The van der Waals surface area contributed by atoms with Gasteiger partial charge in [0.05, 0.1) is 6.10 Å². The molecule has 4 heteroatoms. The Hall–Kier alpha value is 0.310. The number of aliphatic hydroxyl groups excluding tert-OH is 1. The van der Waals surface area contributed by atoms with E-state index in [1.165, 1.54) is 62.5 Å². The van der Waals surface area contributed by atoms with Gasteiger partial charge in [0.2, 0.25) is 0 Å². The summed E-state index contributed by atoms with van der Waals surface area (Å²) in [5.41, 5.74) is 6.35. The molecule has 0 aromatic rings. The Morgan fingerprint density at radius 2 is 1.24 bits per heavy atom. The molecular formula is C21H30ClOSiZr-. The van der Waals surface area contributed by atoms with E-state index in [0.717, 1.165) is 0 Å². The summed E-state index contributed by atoms with van der Waals surface area (Å²) < 4.78 is 0. The van der Waals surface area contributed by atoms with Crippen LogP contribution in [0.4, 0.5) is 0 Å². The number of halogens is 1. The van der Waals surface area contributed by atoms with Gasteiger partial charge in [0.15, 0.2) is 0 Å². The van der Waals surface area contributed by atoms with E-state index >= 15 is 0 Å². The van der Waals surface area contributed by atoms with Crippen molar-refractivity contribution >= 4 is 5.43 Å². The van der Waals surface area contributed by atoms with E-state index in [1.54, 1.807) is 34.5 Å². The molecule has 4 aliphatic rings. The summed E-state index contributed by atoms with van der Waals surface area (Å²) in [6.07, 6.45) is 19.0. The Morgan fingerprint density at radius 1 is 0.880 bits per heavy atom. The summed E-state index contributed by atoms with van der Waals surface area (Å²) in [6, 6.07) is 0. The largest absolute Gasteiger partial charge is 1.00 e. The summed E-state index contributed by atoms with van der Waals surface area (Å²) in [4.78, 5) is 0. The van der Waals surface area contributed by atoms with Crippen LogP contribution in [0.2, 0.25) is 13.1 Å². The van der Waals surface area contributed by atoms with Crippen molar-refractivity contribution in [3.63, 3.8) is 0 Å². The predicted octanol–water partition coefficient (Wildman–Crippen LogP) is 2.25. The van der Waals surface area contributed by atoms with Gasteiger partial charge in [-0.15, -0.1) is 0 Å². The van der Waals surface area contributed by atoms with Gasteiger partial charge < -0.3 is 17.5 Å². The molecule has 0 saturated heterocycles. The van der Waals surface area contributed by atoms with Crippen molar-refractivity contribution in [3.8, 4) is 0 Å². The molecule has 2 unspecified atom stereocenters. The minimum Gasteiger partial charge on any atom is -1.00 e. The Balaban J connectivity index is 0.000000411. The molecule has 0 aliphatic heterocycles. The average molecular weight is 453 g/mol. The van der Waals surface area contributed by atoms with E-state index in [-0.39, 0.29) is 35.8 Å². The molecule has 0 aromatic heterocycles. The maximum absolute atomic E-state index is 11.0. The molecule has 0 aromatic carbocycles. The van der Waals surface area contributed by atoms with E-state index < -0.39 is 0 Å². The van der Waals surface area contributed by atoms with Crippen LogP contribution in [0.5, 0.6) is 0 Å². The van der Waals surface area contributed by atoms with Crippen LogP contribution in [0.25, 0.3) is 0 Å². The molecule has 0 fully saturated rings. The summed E-state index contributed by atoms with van der Waals surface area (Å²) in [6.45, 7) is 4.62. The molecule has 136 valence electrons. The first-order valence-electron chi connectivity index (χ1n) is 9.58. The first-order chi connectivity index (χ1) is 11.6. The smallest absolute Gasteiger partial charge is 0.0740 e. The monoisotopic (exact) mass is 451 g/mol. The van der Waals surface area contributed by atoms with Gasteiger partial charge >= 0.3 is 41.9 Å². The standard InChI is InChI=1S/C19H24O.C2H6Si.ClH.Zr/c20-19(17-11-9-13-5-1-3-7-15(13)17)18-12-10-14-6-2-4-8-16(14)18;1-3-2;;/h9-12,17-20H,1-8H2;1-2H3;1H;/p-1.